The van der Waals surface area contributed by atoms with Crippen LogP contribution in [0.4, 0.5) is 17.6 Å². The van der Waals surface area contributed by atoms with E-state index in [1.807, 2.05) is 23.8 Å². The molecule has 1 aliphatic heterocycles. The van der Waals surface area contributed by atoms with Crippen molar-refractivity contribution in [3.63, 3.8) is 0 Å². The van der Waals surface area contributed by atoms with Crippen LogP contribution >= 0.6 is 0 Å². The predicted octanol–water partition coefficient (Wildman–Crippen LogP) is 4.09. The summed E-state index contributed by atoms with van der Waals surface area (Å²) in [5, 5.41) is 19.4. The van der Waals surface area contributed by atoms with Crippen LogP contribution in [0.25, 0.3) is 16.7 Å². The lowest BCUT2D eigenvalue weighted by Crippen LogP contribution is -2.33. The van der Waals surface area contributed by atoms with Crippen LogP contribution in [0.15, 0.2) is 24.7 Å². The third-order valence-electron chi connectivity index (χ3n) is 8.60. The molecular weight excluding hydrogens is 506 g/mol. The third kappa shape index (κ3) is 4.77. The molecule has 0 bridgehead atoms. The zero-order valence-corrected chi connectivity index (χ0v) is 23.8. The van der Waals surface area contributed by atoms with Crippen molar-refractivity contribution in [2.75, 3.05) is 30.5 Å². The number of anilines is 3. The van der Waals surface area contributed by atoms with E-state index in [1.165, 1.54) is 0 Å². The van der Waals surface area contributed by atoms with Crippen LogP contribution in [-0.4, -0.2) is 66.8 Å². The van der Waals surface area contributed by atoms with E-state index < -0.39 is 0 Å². The molecule has 2 fully saturated rings. The standard InChI is InChI=1S/C29H39N9O2/c1-17-12-23(13-24(40-4)18(17)2)36-14-25(31-16-36)32-29-33-27(37-11-5-6-22(37)15-39)26-19(3)35-38(28(26)34-29)21-9-7-20(30)8-10-21/h12-14,16,20-22,39H,5-11,15,30H2,1-4H3,(H,32,33,34)/t20?,21?,22-/m0/s1. The second-order valence-electron chi connectivity index (χ2n) is 11.2. The number of rotatable bonds is 7. The number of aromatic nitrogens is 6. The fraction of sp³-hybridized carbons (Fsp3) is 0.517. The van der Waals surface area contributed by atoms with Gasteiger partial charge in [0, 0.05) is 18.7 Å². The lowest BCUT2D eigenvalue weighted by molar-refractivity contribution is 0.266. The number of hydrogen-bond acceptors (Lipinski definition) is 9. The van der Waals surface area contributed by atoms with Gasteiger partial charge in [-0.3, -0.25) is 0 Å². The molecule has 0 radical (unpaired) electrons. The number of benzene rings is 1. The number of hydrogen-bond donors (Lipinski definition) is 3. The highest BCUT2D eigenvalue weighted by atomic mass is 16.5. The van der Waals surface area contributed by atoms with E-state index in [9.17, 15) is 5.11 Å². The number of imidazole rings is 1. The van der Waals surface area contributed by atoms with Gasteiger partial charge in [0.1, 0.15) is 17.9 Å². The van der Waals surface area contributed by atoms with Crippen LogP contribution in [-0.2, 0) is 0 Å². The lowest BCUT2D eigenvalue weighted by Gasteiger charge is -2.27. The van der Waals surface area contributed by atoms with E-state index >= 15 is 0 Å². The average Bonchev–Trinajstić information content (AvgIpc) is 3.69. The van der Waals surface area contributed by atoms with Gasteiger partial charge < -0.3 is 30.4 Å². The smallest absolute Gasteiger partial charge is 0.232 e. The maximum absolute atomic E-state index is 10.1. The minimum atomic E-state index is 0.0281. The molecule has 0 spiro atoms. The van der Waals surface area contributed by atoms with Crippen LogP contribution in [0.1, 0.15) is 61.4 Å². The minimum absolute atomic E-state index is 0.0281. The summed E-state index contributed by atoms with van der Waals surface area (Å²) < 4.78 is 9.61. The van der Waals surface area contributed by atoms with E-state index in [-0.39, 0.29) is 24.7 Å². The van der Waals surface area contributed by atoms with Crippen molar-refractivity contribution < 1.29 is 9.84 Å². The average molecular weight is 546 g/mol. The number of aryl methyl sites for hydroxylation is 2. The molecule has 40 heavy (non-hydrogen) atoms. The molecule has 4 aromatic rings. The molecule has 11 nitrogen and oxygen atoms in total. The van der Waals surface area contributed by atoms with Crippen molar-refractivity contribution in [2.24, 2.45) is 5.73 Å². The Hall–Kier alpha value is -3.70. The number of nitrogens with one attached hydrogen (secondary N) is 1. The SMILES string of the molecule is COc1cc(-n2cnc(Nc3nc(N4CCC[C@H]4CO)c4c(C)nn(C5CCC(N)CC5)c4n3)c2)cc(C)c1C. The van der Waals surface area contributed by atoms with Crippen molar-refractivity contribution in [1.82, 2.24) is 29.3 Å². The van der Waals surface area contributed by atoms with Crippen LogP contribution in [0.2, 0.25) is 0 Å². The van der Waals surface area contributed by atoms with Gasteiger partial charge in [0.05, 0.1) is 48.8 Å². The zero-order chi connectivity index (χ0) is 28.0. The van der Waals surface area contributed by atoms with Gasteiger partial charge in [0.25, 0.3) is 0 Å². The number of aliphatic hydroxyl groups is 1. The molecule has 212 valence electrons. The Morgan fingerprint density at radius 1 is 1.10 bits per heavy atom. The summed E-state index contributed by atoms with van der Waals surface area (Å²) in [6, 6.07) is 4.65. The molecule has 0 unspecified atom stereocenters. The monoisotopic (exact) mass is 545 g/mol. The largest absolute Gasteiger partial charge is 0.496 e. The highest BCUT2D eigenvalue weighted by molar-refractivity contribution is 5.91. The number of ether oxygens (including phenoxy) is 1. The number of methoxy groups -OCH3 is 1. The molecule has 1 saturated carbocycles. The Labute approximate surface area is 234 Å². The van der Waals surface area contributed by atoms with Crippen LogP contribution < -0.4 is 20.7 Å². The first kappa shape index (κ1) is 26.5. The quantitative estimate of drug-likeness (QED) is 0.314. The molecular formula is C29H39N9O2. The molecule has 1 aromatic carbocycles. The number of fused-ring (bicyclic) bond motifs is 1. The van der Waals surface area contributed by atoms with Crippen molar-refractivity contribution in [3.8, 4) is 11.4 Å². The second kappa shape index (κ2) is 10.7. The Bertz CT molecular complexity index is 1520. The molecule has 6 rings (SSSR count). The summed E-state index contributed by atoms with van der Waals surface area (Å²) in [6.45, 7) is 7.08. The Kier molecular flexibility index (Phi) is 7.09. The molecule has 0 amide bonds. The van der Waals surface area contributed by atoms with E-state index in [4.69, 9.17) is 25.5 Å². The van der Waals surface area contributed by atoms with E-state index in [0.29, 0.717) is 11.8 Å². The first-order valence-corrected chi connectivity index (χ1v) is 14.2. The van der Waals surface area contributed by atoms with Crippen LogP contribution in [0.3, 0.4) is 0 Å². The van der Waals surface area contributed by atoms with E-state index in [0.717, 1.165) is 90.2 Å². The summed E-state index contributed by atoms with van der Waals surface area (Å²) in [5.41, 5.74) is 11.2. The summed E-state index contributed by atoms with van der Waals surface area (Å²) in [6.07, 6.45) is 9.56. The second-order valence-corrected chi connectivity index (χ2v) is 11.2. The maximum Gasteiger partial charge on any atom is 0.232 e. The first-order chi connectivity index (χ1) is 19.4. The van der Waals surface area contributed by atoms with Crippen molar-refractivity contribution in [2.45, 2.75) is 77.4 Å². The molecule has 1 atom stereocenters. The van der Waals surface area contributed by atoms with E-state index in [2.05, 4.69) is 39.8 Å². The van der Waals surface area contributed by atoms with Gasteiger partial charge in [0.2, 0.25) is 5.95 Å². The fourth-order valence-corrected chi connectivity index (χ4v) is 6.17. The molecule has 3 aromatic heterocycles. The van der Waals surface area contributed by atoms with Gasteiger partial charge in [0.15, 0.2) is 11.5 Å². The Morgan fingerprint density at radius 2 is 1.90 bits per heavy atom. The predicted molar refractivity (Wildman–Crippen MR) is 156 cm³/mol. The topological polar surface area (TPSA) is 132 Å². The molecule has 1 saturated heterocycles. The molecule has 1 aliphatic carbocycles. The minimum Gasteiger partial charge on any atom is -0.496 e. The summed E-state index contributed by atoms with van der Waals surface area (Å²) in [5.74, 6) is 2.75. The number of nitrogens with zero attached hydrogens (tertiary/aromatic N) is 7. The maximum atomic E-state index is 10.1. The first-order valence-electron chi connectivity index (χ1n) is 14.2. The van der Waals surface area contributed by atoms with Crippen molar-refractivity contribution >= 4 is 28.6 Å². The van der Waals surface area contributed by atoms with Gasteiger partial charge in [-0.25, -0.2) is 9.67 Å². The third-order valence-corrected chi connectivity index (χ3v) is 8.60. The van der Waals surface area contributed by atoms with Crippen molar-refractivity contribution in [3.05, 3.63) is 41.5 Å². The molecule has 11 heteroatoms. The summed E-state index contributed by atoms with van der Waals surface area (Å²) >= 11 is 0. The normalized spacial score (nSPS) is 21.4. The molecule has 4 heterocycles. The van der Waals surface area contributed by atoms with Gasteiger partial charge >= 0.3 is 0 Å². The fourth-order valence-electron chi connectivity index (χ4n) is 6.17. The zero-order valence-electron chi connectivity index (χ0n) is 23.8. The number of aliphatic hydroxyl groups excluding tert-OH is 1. The Morgan fingerprint density at radius 3 is 2.65 bits per heavy atom. The van der Waals surface area contributed by atoms with Gasteiger partial charge in [-0.1, -0.05) is 0 Å². The van der Waals surface area contributed by atoms with Crippen LogP contribution in [0, 0.1) is 20.8 Å². The van der Waals surface area contributed by atoms with Gasteiger partial charge in [-0.05, 0) is 76.5 Å². The molecule has 4 N–H and O–H groups in total. The molecule has 2 aliphatic rings. The number of nitrogens with two attached hydrogens (primary N) is 1. The lowest BCUT2D eigenvalue weighted by atomic mass is 9.92. The van der Waals surface area contributed by atoms with Gasteiger partial charge in [-0.2, -0.15) is 15.1 Å². The van der Waals surface area contributed by atoms with Crippen LogP contribution in [0.5, 0.6) is 5.75 Å². The highest BCUT2D eigenvalue weighted by Crippen LogP contribution is 2.37. The highest BCUT2D eigenvalue weighted by Gasteiger charge is 2.31. The van der Waals surface area contributed by atoms with Gasteiger partial charge in [-0.15, -0.1) is 0 Å². The van der Waals surface area contributed by atoms with Crippen molar-refractivity contribution in [1.29, 1.82) is 0 Å². The summed E-state index contributed by atoms with van der Waals surface area (Å²) in [7, 11) is 1.69. The van der Waals surface area contributed by atoms with E-state index in [1.54, 1.807) is 13.4 Å². The summed E-state index contributed by atoms with van der Waals surface area (Å²) in [4.78, 5) is 16.8. The Balaban J connectivity index is 1.39.